The van der Waals surface area contributed by atoms with Gasteiger partial charge in [-0.15, -0.1) is 0 Å². The quantitative estimate of drug-likeness (QED) is 0.746. The van der Waals surface area contributed by atoms with Gasteiger partial charge in [0.05, 0.1) is 22.9 Å². The summed E-state index contributed by atoms with van der Waals surface area (Å²) in [5.74, 6) is 0. The largest absolute Gasteiger partial charge is 0.278 e. The zero-order valence-electron chi connectivity index (χ0n) is 9.61. The fourth-order valence-electron chi connectivity index (χ4n) is 1.63. The van der Waals surface area contributed by atoms with Crippen molar-refractivity contribution in [1.82, 2.24) is 20.2 Å². The maximum absolute atomic E-state index is 12.0. The van der Waals surface area contributed by atoms with E-state index in [-0.39, 0.29) is 5.03 Å². The van der Waals surface area contributed by atoms with Gasteiger partial charge in [-0.25, -0.2) is 0 Å². The molecule has 0 bridgehead atoms. The first-order chi connectivity index (χ1) is 9.15. The Morgan fingerprint density at radius 2 is 1.79 bits per heavy atom. The van der Waals surface area contributed by atoms with Gasteiger partial charge >= 0.3 is 0 Å². The summed E-state index contributed by atoms with van der Waals surface area (Å²) in [6, 6.07) is 6.33. The summed E-state index contributed by atoms with van der Waals surface area (Å²) < 4.78 is 26.4. The van der Waals surface area contributed by atoms with Gasteiger partial charge in [-0.2, -0.15) is 13.5 Å². The molecule has 0 saturated heterocycles. The van der Waals surface area contributed by atoms with Crippen LogP contribution in [-0.2, 0) is 10.0 Å². The molecule has 0 saturated carbocycles. The van der Waals surface area contributed by atoms with E-state index in [1.54, 1.807) is 30.6 Å². The molecule has 3 aromatic rings. The molecule has 96 valence electrons. The number of sulfonamides is 1. The smallest absolute Gasteiger partial charge is 0.278 e. The number of fused-ring (bicyclic) bond motifs is 1. The highest BCUT2D eigenvalue weighted by molar-refractivity contribution is 7.92. The molecule has 0 radical (unpaired) electrons. The van der Waals surface area contributed by atoms with Gasteiger partial charge in [0.25, 0.3) is 10.0 Å². The second-order valence-corrected chi connectivity index (χ2v) is 5.44. The average molecular weight is 275 g/mol. The zero-order valence-corrected chi connectivity index (χ0v) is 10.4. The molecule has 2 aromatic heterocycles. The SMILES string of the molecule is O=S(=O)(Nc1ccc2nccnc2c1)c1ccn[nH]1. The topological polar surface area (TPSA) is 101 Å². The van der Waals surface area contributed by atoms with Crippen molar-refractivity contribution in [3.8, 4) is 0 Å². The van der Waals surface area contributed by atoms with E-state index in [1.807, 2.05) is 0 Å². The van der Waals surface area contributed by atoms with Gasteiger partial charge in [-0.3, -0.25) is 19.8 Å². The van der Waals surface area contributed by atoms with Crippen molar-refractivity contribution >= 4 is 26.7 Å². The van der Waals surface area contributed by atoms with Crippen LogP contribution in [0, 0.1) is 0 Å². The lowest BCUT2D eigenvalue weighted by atomic mass is 10.3. The van der Waals surface area contributed by atoms with E-state index in [0.717, 1.165) is 0 Å². The van der Waals surface area contributed by atoms with Gasteiger partial charge in [-0.05, 0) is 24.3 Å². The molecule has 0 atom stereocenters. The van der Waals surface area contributed by atoms with E-state index in [1.165, 1.54) is 12.3 Å². The van der Waals surface area contributed by atoms with E-state index in [4.69, 9.17) is 0 Å². The fraction of sp³-hybridized carbons (Fsp3) is 0. The standard InChI is InChI=1S/C11H9N5O2S/c17-19(18,11-3-4-14-15-11)16-8-1-2-9-10(7-8)13-6-5-12-9/h1-7,16H,(H,14,15). The van der Waals surface area contributed by atoms with Crippen LogP contribution in [0.25, 0.3) is 11.0 Å². The third kappa shape index (κ3) is 2.25. The van der Waals surface area contributed by atoms with E-state index in [0.29, 0.717) is 16.7 Å². The minimum atomic E-state index is -3.65. The average Bonchev–Trinajstić information content (AvgIpc) is 2.93. The van der Waals surface area contributed by atoms with Gasteiger partial charge in [0, 0.05) is 12.4 Å². The second kappa shape index (κ2) is 4.32. The van der Waals surface area contributed by atoms with Crippen LogP contribution < -0.4 is 4.72 Å². The minimum absolute atomic E-state index is 0.00624. The van der Waals surface area contributed by atoms with Gasteiger partial charge in [0.2, 0.25) is 0 Å². The molecule has 0 aliphatic carbocycles. The molecular formula is C11H9N5O2S. The molecule has 2 heterocycles. The Labute approximate surface area is 108 Å². The summed E-state index contributed by atoms with van der Waals surface area (Å²) in [5, 5.41) is 6.03. The van der Waals surface area contributed by atoms with Crippen molar-refractivity contribution in [2.75, 3.05) is 4.72 Å². The lowest BCUT2D eigenvalue weighted by Crippen LogP contribution is -2.13. The highest BCUT2D eigenvalue weighted by Crippen LogP contribution is 2.18. The number of benzene rings is 1. The van der Waals surface area contributed by atoms with Crippen LogP contribution in [0.2, 0.25) is 0 Å². The molecule has 8 heteroatoms. The normalized spacial score (nSPS) is 11.6. The Morgan fingerprint density at radius 1 is 1.00 bits per heavy atom. The van der Waals surface area contributed by atoms with Crippen molar-refractivity contribution < 1.29 is 8.42 Å². The molecule has 2 N–H and O–H groups in total. The fourth-order valence-corrected chi connectivity index (χ4v) is 2.59. The summed E-state index contributed by atoms with van der Waals surface area (Å²) in [7, 11) is -3.65. The van der Waals surface area contributed by atoms with E-state index in [9.17, 15) is 8.42 Å². The van der Waals surface area contributed by atoms with E-state index >= 15 is 0 Å². The van der Waals surface area contributed by atoms with Crippen LogP contribution in [0.3, 0.4) is 0 Å². The molecular weight excluding hydrogens is 266 g/mol. The number of nitrogens with zero attached hydrogens (tertiary/aromatic N) is 3. The molecule has 0 aliphatic heterocycles. The molecule has 19 heavy (non-hydrogen) atoms. The van der Waals surface area contributed by atoms with Gasteiger partial charge in [0.1, 0.15) is 0 Å². The van der Waals surface area contributed by atoms with Gasteiger partial charge in [-0.1, -0.05) is 0 Å². The number of aromatic nitrogens is 4. The summed E-state index contributed by atoms with van der Waals surface area (Å²) in [6.45, 7) is 0. The monoisotopic (exact) mass is 275 g/mol. The first-order valence-electron chi connectivity index (χ1n) is 5.38. The predicted molar refractivity (Wildman–Crippen MR) is 68.9 cm³/mol. The summed E-state index contributed by atoms with van der Waals surface area (Å²) >= 11 is 0. The number of anilines is 1. The summed E-state index contributed by atoms with van der Waals surface area (Å²) in [5.41, 5.74) is 1.74. The Morgan fingerprint density at radius 3 is 2.53 bits per heavy atom. The van der Waals surface area contributed by atoms with Crippen molar-refractivity contribution in [2.24, 2.45) is 0 Å². The molecule has 0 fully saturated rings. The number of hydrogen-bond donors (Lipinski definition) is 2. The maximum atomic E-state index is 12.0. The number of aromatic amines is 1. The highest BCUT2D eigenvalue weighted by atomic mass is 32.2. The van der Waals surface area contributed by atoms with Crippen molar-refractivity contribution in [3.05, 3.63) is 42.9 Å². The van der Waals surface area contributed by atoms with Crippen LogP contribution in [-0.4, -0.2) is 28.6 Å². The summed E-state index contributed by atoms with van der Waals surface area (Å²) in [4.78, 5) is 8.23. The lowest BCUT2D eigenvalue weighted by Gasteiger charge is -2.06. The number of nitrogens with one attached hydrogen (secondary N) is 2. The number of H-pyrrole nitrogens is 1. The first kappa shape index (κ1) is 11.6. The summed E-state index contributed by atoms with van der Waals surface area (Å²) in [6.07, 6.45) is 4.51. The van der Waals surface area contributed by atoms with Crippen LogP contribution >= 0.6 is 0 Å². The van der Waals surface area contributed by atoms with E-state index < -0.39 is 10.0 Å². The van der Waals surface area contributed by atoms with Crippen molar-refractivity contribution in [3.63, 3.8) is 0 Å². The van der Waals surface area contributed by atoms with Crippen molar-refractivity contribution in [1.29, 1.82) is 0 Å². The first-order valence-corrected chi connectivity index (χ1v) is 6.86. The van der Waals surface area contributed by atoms with Crippen LogP contribution in [0.15, 0.2) is 47.9 Å². The molecule has 3 rings (SSSR count). The van der Waals surface area contributed by atoms with Gasteiger partial charge < -0.3 is 0 Å². The van der Waals surface area contributed by atoms with Crippen LogP contribution in [0.1, 0.15) is 0 Å². The Bertz CT molecular complexity index is 814. The van der Waals surface area contributed by atoms with Gasteiger partial charge in [0.15, 0.2) is 5.03 Å². The van der Waals surface area contributed by atoms with Crippen LogP contribution in [0.4, 0.5) is 5.69 Å². The maximum Gasteiger partial charge on any atom is 0.278 e. The number of hydrogen-bond acceptors (Lipinski definition) is 5. The van der Waals surface area contributed by atoms with Crippen molar-refractivity contribution in [2.45, 2.75) is 5.03 Å². The Hall–Kier alpha value is -2.48. The number of rotatable bonds is 3. The molecule has 0 spiro atoms. The Kier molecular flexibility index (Phi) is 2.64. The zero-order chi connectivity index (χ0) is 13.3. The van der Waals surface area contributed by atoms with E-state index in [2.05, 4.69) is 24.9 Å². The highest BCUT2D eigenvalue weighted by Gasteiger charge is 2.15. The molecule has 0 aliphatic rings. The lowest BCUT2D eigenvalue weighted by molar-refractivity contribution is 0.597. The molecule has 0 amide bonds. The third-order valence-electron chi connectivity index (χ3n) is 2.49. The Balaban J connectivity index is 1.98. The predicted octanol–water partition coefficient (Wildman–Crippen LogP) is 1.15. The molecule has 7 nitrogen and oxygen atoms in total. The van der Waals surface area contributed by atoms with Crippen LogP contribution in [0.5, 0.6) is 0 Å². The second-order valence-electron chi connectivity index (χ2n) is 3.79. The minimum Gasteiger partial charge on any atom is -0.278 e. The third-order valence-corrected chi connectivity index (χ3v) is 3.80. The molecule has 0 unspecified atom stereocenters. The molecule has 1 aromatic carbocycles.